The summed E-state index contributed by atoms with van der Waals surface area (Å²) in [5.74, 6) is 0.222. The molecule has 2 nitrogen and oxygen atoms in total. The van der Waals surface area contributed by atoms with E-state index in [1.165, 1.54) is 135 Å². The molecule has 2 atom stereocenters. The molecule has 0 N–H and O–H groups in total. The maximum atomic E-state index is 13.4. The van der Waals surface area contributed by atoms with Crippen LogP contribution in [0.5, 0.6) is 0 Å². The van der Waals surface area contributed by atoms with Gasteiger partial charge in [0.2, 0.25) is 0 Å². The summed E-state index contributed by atoms with van der Waals surface area (Å²) in [6, 6.07) is 0. The van der Waals surface area contributed by atoms with Crippen LogP contribution in [0.4, 0.5) is 0 Å². The summed E-state index contributed by atoms with van der Waals surface area (Å²) >= 11 is 0. The van der Waals surface area contributed by atoms with Crippen LogP contribution in [-0.4, -0.2) is 12.1 Å². The fraction of sp³-hybridized carbons (Fsp3) is 0.878. The topological polar surface area (TPSA) is 26.3 Å². The van der Waals surface area contributed by atoms with Gasteiger partial charge in [-0.15, -0.1) is 0 Å². The van der Waals surface area contributed by atoms with Crippen molar-refractivity contribution in [2.75, 3.05) is 0 Å². The second-order valence-corrected chi connectivity index (χ2v) is 14.6. The second-order valence-electron chi connectivity index (χ2n) is 14.6. The number of carbonyl (C=O) groups excluding carboxylic acids is 1. The minimum Gasteiger partial charge on any atom is -0.462 e. The quantitative estimate of drug-likeness (QED) is 0.0448. The van der Waals surface area contributed by atoms with E-state index < -0.39 is 0 Å². The van der Waals surface area contributed by atoms with Gasteiger partial charge < -0.3 is 4.74 Å². The zero-order chi connectivity index (χ0) is 31.9. The molecule has 0 aliphatic heterocycles. The van der Waals surface area contributed by atoms with Crippen LogP contribution < -0.4 is 0 Å². The highest BCUT2D eigenvalue weighted by Gasteiger charge is 2.24. The molecule has 0 aromatic rings. The Morgan fingerprint density at radius 1 is 0.535 bits per heavy atom. The first kappa shape index (κ1) is 42.0. The van der Waals surface area contributed by atoms with Crippen molar-refractivity contribution >= 4 is 5.97 Å². The average Bonchev–Trinajstić information content (AvgIpc) is 2.97. The molecule has 0 saturated carbocycles. The normalized spacial score (nSPS) is 13.7. The van der Waals surface area contributed by atoms with Gasteiger partial charge in [0.15, 0.2) is 0 Å². The molecular formula is C41H78O2. The number of rotatable bonds is 31. The molecule has 2 unspecified atom stereocenters. The lowest BCUT2D eigenvalue weighted by molar-refractivity contribution is -0.155. The predicted octanol–water partition coefficient (Wildman–Crippen LogP) is 14.3. The van der Waals surface area contributed by atoms with Crippen LogP contribution in [0.15, 0.2) is 24.3 Å². The van der Waals surface area contributed by atoms with Crippen LogP contribution in [0.1, 0.15) is 215 Å². The van der Waals surface area contributed by atoms with Gasteiger partial charge in [-0.2, -0.15) is 0 Å². The van der Waals surface area contributed by atoms with Crippen LogP contribution in [0.25, 0.3) is 0 Å². The number of ether oxygens (including phenoxy) is 1. The van der Waals surface area contributed by atoms with E-state index in [1.807, 2.05) is 0 Å². The molecule has 0 spiro atoms. The molecule has 0 aromatic carbocycles. The third kappa shape index (κ3) is 30.7. The molecule has 0 heterocycles. The monoisotopic (exact) mass is 603 g/mol. The third-order valence-electron chi connectivity index (χ3n) is 8.87. The Balaban J connectivity index is 4.47. The van der Waals surface area contributed by atoms with Crippen molar-refractivity contribution in [1.29, 1.82) is 0 Å². The molecule has 0 fully saturated rings. The average molecular weight is 603 g/mol. The van der Waals surface area contributed by atoms with E-state index in [2.05, 4.69) is 65.8 Å². The van der Waals surface area contributed by atoms with Gasteiger partial charge in [-0.25, -0.2) is 0 Å². The second kappa shape index (κ2) is 31.0. The largest absolute Gasteiger partial charge is 0.462 e. The summed E-state index contributed by atoms with van der Waals surface area (Å²) in [6.07, 6.45) is 42.6. The molecule has 0 rings (SSSR count). The molecule has 0 amide bonds. The number of carbonyl (C=O) groups is 1. The Bertz CT molecular complexity index is 641. The van der Waals surface area contributed by atoms with Gasteiger partial charge in [0, 0.05) is 0 Å². The van der Waals surface area contributed by atoms with Gasteiger partial charge in [0.1, 0.15) is 6.10 Å². The lowest BCUT2D eigenvalue weighted by Crippen LogP contribution is -2.26. The number of esters is 1. The van der Waals surface area contributed by atoms with Crippen molar-refractivity contribution < 1.29 is 9.53 Å². The van der Waals surface area contributed by atoms with Crippen LogP contribution in [-0.2, 0) is 9.53 Å². The highest BCUT2D eigenvalue weighted by Crippen LogP contribution is 2.27. The fourth-order valence-corrected chi connectivity index (χ4v) is 5.85. The molecule has 0 saturated heterocycles. The fourth-order valence-electron chi connectivity index (χ4n) is 5.85. The van der Waals surface area contributed by atoms with E-state index >= 15 is 0 Å². The van der Waals surface area contributed by atoms with Gasteiger partial charge in [-0.05, 0) is 76.0 Å². The first-order valence-electron chi connectivity index (χ1n) is 19.3. The highest BCUT2D eigenvalue weighted by atomic mass is 16.5. The summed E-state index contributed by atoms with van der Waals surface area (Å²) in [6.45, 7) is 13.7. The Hall–Kier alpha value is -1.05. The summed E-state index contributed by atoms with van der Waals surface area (Å²) < 4.78 is 6.33. The first-order chi connectivity index (χ1) is 20.8. The van der Waals surface area contributed by atoms with E-state index in [9.17, 15) is 4.79 Å². The maximum absolute atomic E-state index is 13.4. The van der Waals surface area contributed by atoms with Crippen LogP contribution >= 0.6 is 0 Å². The van der Waals surface area contributed by atoms with Crippen molar-refractivity contribution in [3.8, 4) is 0 Å². The molecule has 0 aliphatic rings. The molecule has 0 aromatic heterocycles. The molecule has 2 heteroatoms. The van der Waals surface area contributed by atoms with E-state index in [1.54, 1.807) is 0 Å². The summed E-state index contributed by atoms with van der Waals surface area (Å²) in [5.41, 5.74) is 0.280. The van der Waals surface area contributed by atoms with E-state index in [0.717, 1.165) is 38.5 Å². The number of hydrogen-bond donors (Lipinski definition) is 0. The lowest BCUT2D eigenvalue weighted by Gasteiger charge is -2.25. The molecule has 0 bridgehead atoms. The Labute approximate surface area is 271 Å². The van der Waals surface area contributed by atoms with E-state index in [0.29, 0.717) is 0 Å². The number of hydrogen-bond acceptors (Lipinski definition) is 2. The van der Waals surface area contributed by atoms with Crippen molar-refractivity contribution in [3.05, 3.63) is 24.3 Å². The minimum atomic E-state index is 0.0975. The van der Waals surface area contributed by atoms with Crippen molar-refractivity contribution in [2.45, 2.75) is 221 Å². The first-order valence-corrected chi connectivity index (χ1v) is 19.3. The minimum absolute atomic E-state index is 0.0975. The summed E-state index contributed by atoms with van der Waals surface area (Å²) in [7, 11) is 0. The molecule has 43 heavy (non-hydrogen) atoms. The molecule has 0 radical (unpaired) electrons. The SMILES string of the molecule is CCCCC/C=C\C/C=C\CCCCCCCCC(CCC(C)(C)C)OC(=O)C(CCCCCC)CCCCCCCC. The summed E-state index contributed by atoms with van der Waals surface area (Å²) in [4.78, 5) is 13.4. The maximum Gasteiger partial charge on any atom is 0.309 e. The number of allylic oxidation sites excluding steroid dienone is 4. The Morgan fingerprint density at radius 3 is 1.49 bits per heavy atom. The van der Waals surface area contributed by atoms with Crippen LogP contribution in [0.2, 0.25) is 0 Å². The van der Waals surface area contributed by atoms with Crippen LogP contribution in [0.3, 0.4) is 0 Å². The van der Waals surface area contributed by atoms with Gasteiger partial charge in [-0.3, -0.25) is 4.79 Å². The van der Waals surface area contributed by atoms with Gasteiger partial charge in [0.05, 0.1) is 5.92 Å². The van der Waals surface area contributed by atoms with Crippen LogP contribution in [0, 0.1) is 11.3 Å². The standard InChI is InChI=1S/C41H78O2/c1-7-10-13-16-18-19-20-21-22-23-24-25-26-27-29-32-35-39(36-37-41(4,5)6)43-40(42)38(33-30-15-12-9-3)34-31-28-17-14-11-8-2/h18-19,21-22,38-39H,7-17,20,23-37H2,1-6H3/b19-18-,22-21-. The third-order valence-corrected chi connectivity index (χ3v) is 8.87. The zero-order valence-electron chi connectivity index (χ0n) is 30.4. The number of unbranched alkanes of at least 4 members (excludes halogenated alkanes) is 17. The Kier molecular flexibility index (Phi) is 30.2. The highest BCUT2D eigenvalue weighted by molar-refractivity contribution is 5.72. The molecule has 0 aliphatic carbocycles. The molecule has 254 valence electrons. The predicted molar refractivity (Wildman–Crippen MR) is 193 cm³/mol. The van der Waals surface area contributed by atoms with Gasteiger partial charge >= 0.3 is 5.97 Å². The van der Waals surface area contributed by atoms with Gasteiger partial charge in [0.25, 0.3) is 0 Å². The van der Waals surface area contributed by atoms with E-state index in [4.69, 9.17) is 4.74 Å². The zero-order valence-corrected chi connectivity index (χ0v) is 30.4. The van der Waals surface area contributed by atoms with Gasteiger partial charge in [-0.1, -0.05) is 169 Å². The lowest BCUT2D eigenvalue weighted by atomic mass is 9.88. The van der Waals surface area contributed by atoms with Crippen molar-refractivity contribution in [1.82, 2.24) is 0 Å². The molecular weight excluding hydrogens is 524 g/mol. The van der Waals surface area contributed by atoms with Crippen molar-refractivity contribution in [3.63, 3.8) is 0 Å². The Morgan fingerprint density at radius 2 is 0.953 bits per heavy atom. The van der Waals surface area contributed by atoms with Crippen molar-refractivity contribution in [2.24, 2.45) is 11.3 Å². The van der Waals surface area contributed by atoms with E-state index in [-0.39, 0.29) is 23.4 Å². The summed E-state index contributed by atoms with van der Waals surface area (Å²) in [5, 5.41) is 0. The smallest absolute Gasteiger partial charge is 0.309 e.